The Hall–Kier alpha value is -2.51. The van der Waals surface area contributed by atoms with E-state index in [-0.39, 0.29) is 5.91 Å². The van der Waals surface area contributed by atoms with Crippen LogP contribution in [0.15, 0.2) is 53.6 Å². The third-order valence-corrected chi connectivity index (χ3v) is 7.52. The molecule has 2 aromatic heterocycles. The molecule has 174 valence electrons. The summed E-state index contributed by atoms with van der Waals surface area (Å²) in [6, 6.07) is 1.77. The Morgan fingerprint density at radius 3 is 2.82 bits per heavy atom. The van der Waals surface area contributed by atoms with Crippen LogP contribution < -0.4 is 5.32 Å². The van der Waals surface area contributed by atoms with Gasteiger partial charge in [0, 0.05) is 50.5 Å². The van der Waals surface area contributed by atoms with E-state index in [1.807, 2.05) is 13.1 Å². The molecule has 6 nitrogen and oxygen atoms in total. The lowest BCUT2D eigenvalue weighted by atomic mass is 9.85. The second kappa shape index (κ2) is 11.1. The van der Waals surface area contributed by atoms with Crippen molar-refractivity contribution in [2.45, 2.75) is 57.8 Å². The molecule has 0 unspecified atom stereocenters. The van der Waals surface area contributed by atoms with Crippen molar-refractivity contribution in [1.82, 2.24) is 25.2 Å². The average Bonchev–Trinajstić information content (AvgIpc) is 2.83. The van der Waals surface area contributed by atoms with Crippen LogP contribution in [0.2, 0.25) is 0 Å². The maximum Gasteiger partial charge on any atom is 0.230 e. The van der Waals surface area contributed by atoms with Gasteiger partial charge in [0.15, 0.2) is 5.16 Å². The van der Waals surface area contributed by atoms with Crippen LogP contribution >= 0.6 is 11.8 Å². The van der Waals surface area contributed by atoms with Crippen molar-refractivity contribution in [3.8, 4) is 0 Å². The number of rotatable bonds is 8. The Balaban J connectivity index is 1.33. The second-order valence-electron chi connectivity index (χ2n) is 9.06. The number of nitrogens with one attached hydrogen (secondary N) is 1. The molecule has 0 saturated carbocycles. The molecular formula is C26H33N5OS. The maximum absolute atomic E-state index is 12.4. The van der Waals surface area contributed by atoms with Gasteiger partial charge in [-0.15, -0.1) is 0 Å². The third-order valence-electron chi connectivity index (χ3n) is 6.64. The molecule has 3 heterocycles. The number of nitrogens with zero attached hydrogens (tertiary/aromatic N) is 4. The molecule has 0 fully saturated rings. The first kappa shape index (κ1) is 23.6. The van der Waals surface area contributed by atoms with Gasteiger partial charge in [0.2, 0.25) is 5.91 Å². The maximum atomic E-state index is 12.4. The zero-order chi connectivity index (χ0) is 23.2. The predicted octanol–water partition coefficient (Wildman–Crippen LogP) is 4.25. The van der Waals surface area contributed by atoms with Gasteiger partial charge in [-0.25, -0.2) is 9.97 Å². The molecule has 0 saturated heterocycles. The van der Waals surface area contributed by atoms with Gasteiger partial charge in [0.1, 0.15) is 0 Å². The predicted molar refractivity (Wildman–Crippen MR) is 133 cm³/mol. The van der Waals surface area contributed by atoms with Gasteiger partial charge in [-0.05, 0) is 68.2 Å². The van der Waals surface area contributed by atoms with Crippen molar-refractivity contribution < 1.29 is 4.79 Å². The fourth-order valence-corrected chi connectivity index (χ4v) is 5.28. The van der Waals surface area contributed by atoms with Crippen LogP contribution in [0, 0.1) is 12.8 Å². The lowest BCUT2D eigenvalue weighted by molar-refractivity contribution is -0.118. The van der Waals surface area contributed by atoms with Crippen LogP contribution in [0.25, 0.3) is 0 Å². The van der Waals surface area contributed by atoms with E-state index in [9.17, 15) is 4.79 Å². The van der Waals surface area contributed by atoms with E-state index in [0.717, 1.165) is 38.2 Å². The largest absolute Gasteiger partial charge is 0.351 e. The van der Waals surface area contributed by atoms with Crippen LogP contribution in [-0.4, -0.2) is 44.6 Å². The highest BCUT2D eigenvalue weighted by Gasteiger charge is 2.23. The lowest BCUT2D eigenvalue weighted by Crippen LogP contribution is -2.34. The highest BCUT2D eigenvalue weighted by atomic mass is 32.2. The first-order valence-corrected chi connectivity index (χ1v) is 12.7. The Bertz CT molecular complexity index is 1040. The number of aryl methyl sites for hydroxylation is 1. The highest BCUT2D eigenvalue weighted by Crippen LogP contribution is 2.30. The Morgan fingerprint density at radius 1 is 1.27 bits per heavy atom. The number of hydrogen-bond acceptors (Lipinski definition) is 6. The van der Waals surface area contributed by atoms with Crippen LogP contribution in [0.5, 0.6) is 0 Å². The summed E-state index contributed by atoms with van der Waals surface area (Å²) in [7, 11) is 0. The summed E-state index contributed by atoms with van der Waals surface area (Å²) in [6.45, 7) is 11.8. The van der Waals surface area contributed by atoms with Crippen LogP contribution in [0.4, 0.5) is 0 Å². The summed E-state index contributed by atoms with van der Waals surface area (Å²) in [4.78, 5) is 27.9. The van der Waals surface area contributed by atoms with E-state index in [0.29, 0.717) is 23.4 Å². The zero-order valence-electron chi connectivity index (χ0n) is 19.6. The van der Waals surface area contributed by atoms with Gasteiger partial charge in [-0.1, -0.05) is 35.6 Å². The monoisotopic (exact) mass is 463 g/mol. The summed E-state index contributed by atoms with van der Waals surface area (Å²) < 4.78 is 0. The normalized spacial score (nSPS) is 18.4. The smallest absolute Gasteiger partial charge is 0.230 e. The minimum Gasteiger partial charge on any atom is -0.351 e. The minimum absolute atomic E-state index is 0.0146. The number of carbonyl (C=O) groups is 1. The summed E-state index contributed by atoms with van der Waals surface area (Å²) in [5.74, 6) is 0.944. The summed E-state index contributed by atoms with van der Waals surface area (Å²) in [5.41, 5.74) is 7.69. The van der Waals surface area contributed by atoms with E-state index in [4.69, 9.17) is 0 Å². The highest BCUT2D eigenvalue weighted by molar-refractivity contribution is 7.99. The molecule has 1 N–H and O–H groups in total. The van der Waals surface area contributed by atoms with Gasteiger partial charge >= 0.3 is 0 Å². The molecule has 0 aromatic carbocycles. The Morgan fingerprint density at radius 2 is 2.09 bits per heavy atom. The van der Waals surface area contributed by atoms with Crippen LogP contribution in [-0.2, 0) is 24.3 Å². The molecule has 7 heteroatoms. The average molecular weight is 464 g/mol. The van der Waals surface area contributed by atoms with Gasteiger partial charge < -0.3 is 5.32 Å². The molecule has 1 aliphatic carbocycles. The van der Waals surface area contributed by atoms with Crippen molar-refractivity contribution in [3.63, 3.8) is 0 Å². The topological polar surface area (TPSA) is 71.0 Å². The van der Waals surface area contributed by atoms with Crippen molar-refractivity contribution in [3.05, 3.63) is 70.8 Å². The molecule has 0 radical (unpaired) electrons. The van der Waals surface area contributed by atoms with Crippen molar-refractivity contribution in [2.24, 2.45) is 5.92 Å². The minimum atomic E-state index is -0.0146. The zero-order valence-corrected chi connectivity index (χ0v) is 20.5. The molecule has 0 bridgehead atoms. The number of pyridine rings is 1. The number of allylic oxidation sites excluding steroid dienone is 2. The fraction of sp³-hybridized carbons (Fsp3) is 0.462. The molecule has 1 atom stereocenters. The molecule has 2 aromatic rings. The quantitative estimate of drug-likeness (QED) is 0.359. The lowest BCUT2D eigenvalue weighted by Gasteiger charge is -2.32. The second-order valence-corrected chi connectivity index (χ2v) is 10.0. The number of fused-ring (bicyclic) bond motifs is 1. The SMILES string of the molecule is C=C(C)[C@@H]1CC=C(CN2CCc3c(cnc(C)c3CNC(=O)CSc3ncccn3)C2)CC1. The molecular weight excluding hydrogens is 430 g/mol. The number of amides is 1. The van der Waals surface area contributed by atoms with E-state index in [1.165, 1.54) is 46.9 Å². The Kier molecular flexibility index (Phi) is 7.93. The van der Waals surface area contributed by atoms with E-state index in [2.05, 4.69) is 44.7 Å². The molecule has 4 rings (SSSR count). The van der Waals surface area contributed by atoms with Crippen LogP contribution in [0.1, 0.15) is 48.6 Å². The third kappa shape index (κ3) is 6.30. The first-order chi connectivity index (χ1) is 16.0. The molecule has 1 aliphatic heterocycles. The summed E-state index contributed by atoms with van der Waals surface area (Å²) in [6.07, 6.45) is 12.4. The van der Waals surface area contributed by atoms with Gasteiger partial charge in [0.25, 0.3) is 0 Å². The van der Waals surface area contributed by atoms with E-state index in [1.54, 1.807) is 24.0 Å². The fourth-order valence-electron chi connectivity index (χ4n) is 4.64. The van der Waals surface area contributed by atoms with Crippen molar-refractivity contribution in [2.75, 3.05) is 18.8 Å². The molecule has 0 spiro atoms. The number of hydrogen-bond donors (Lipinski definition) is 1. The van der Waals surface area contributed by atoms with Gasteiger partial charge in [-0.2, -0.15) is 0 Å². The number of aromatic nitrogens is 3. The van der Waals surface area contributed by atoms with Crippen molar-refractivity contribution >= 4 is 17.7 Å². The van der Waals surface area contributed by atoms with Crippen LogP contribution in [0.3, 0.4) is 0 Å². The van der Waals surface area contributed by atoms with E-state index >= 15 is 0 Å². The summed E-state index contributed by atoms with van der Waals surface area (Å²) >= 11 is 1.35. The first-order valence-electron chi connectivity index (χ1n) is 11.7. The van der Waals surface area contributed by atoms with Crippen molar-refractivity contribution in [1.29, 1.82) is 0 Å². The molecule has 1 amide bonds. The summed E-state index contributed by atoms with van der Waals surface area (Å²) in [5, 5.41) is 3.68. The van der Waals surface area contributed by atoms with E-state index < -0.39 is 0 Å². The molecule has 2 aliphatic rings. The standard InChI is InChI=1S/C26H33N5OS/c1-18(2)21-7-5-20(6-8-21)15-31-12-9-23-22(16-31)13-29-19(3)24(23)14-30-25(32)17-33-26-27-10-4-11-28-26/h4-5,10-11,13,21H,1,6-9,12,14-17H2,2-3H3,(H,30,32)/t21-/m1/s1. The number of carbonyl (C=O) groups excluding carboxylic acids is 1. The number of thioether (sulfide) groups is 1. The van der Waals surface area contributed by atoms with Gasteiger partial charge in [0.05, 0.1) is 5.75 Å². The Labute approximate surface area is 201 Å². The van der Waals surface area contributed by atoms with Gasteiger partial charge in [-0.3, -0.25) is 14.7 Å². The molecule has 33 heavy (non-hydrogen) atoms.